The van der Waals surface area contributed by atoms with Gasteiger partial charge in [0.2, 0.25) is 0 Å². The summed E-state index contributed by atoms with van der Waals surface area (Å²) < 4.78 is 0. The quantitative estimate of drug-likeness (QED) is 0.556. The van der Waals surface area contributed by atoms with Gasteiger partial charge in [-0.1, -0.05) is 42.5 Å². The van der Waals surface area contributed by atoms with Gasteiger partial charge >= 0.3 is 0 Å². The Morgan fingerprint density at radius 3 is 2.40 bits per heavy atom. The van der Waals surface area contributed by atoms with Crippen molar-refractivity contribution in [2.75, 3.05) is 0 Å². The summed E-state index contributed by atoms with van der Waals surface area (Å²) in [7, 11) is 0. The average molecular weight is 199 g/mol. The Labute approximate surface area is 89.0 Å². The molecule has 75 valence electrons. The normalized spacial score (nSPS) is 9.87. The SMILES string of the molecule is [c]1ccc(OOCc2ccccc2)cc1. The van der Waals surface area contributed by atoms with E-state index in [1.165, 1.54) is 0 Å². The molecule has 0 spiro atoms. The minimum absolute atomic E-state index is 0.444. The molecule has 2 rings (SSSR count). The van der Waals surface area contributed by atoms with Crippen LogP contribution in [-0.2, 0) is 11.5 Å². The maximum atomic E-state index is 5.09. The van der Waals surface area contributed by atoms with Gasteiger partial charge in [0.25, 0.3) is 0 Å². The van der Waals surface area contributed by atoms with Crippen molar-refractivity contribution in [1.82, 2.24) is 0 Å². The first-order valence-corrected chi connectivity index (χ1v) is 4.75. The largest absolute Gasteiger partial charge is 0.337 e. The van der Waals surface area contributed by atoms with Gasteiger partial charge in [-0.15, -0.1) is 0 Å². The van der Waals surface area contributed by atoms with E-state index in [0.29, 0.717) is 12.4 Å². The minimum atomic E-state index is 0.444. The fraction of sp³-hybridized carbons (Fsp3) is 0.0769. The predicted octanol–water partition coefficient (Wildman–Crippen LogP) is 3.00. The van der Waals surface area contributed by atoms with Crippen molar-refractivity contribution in [3.63, 3.8) is 0 Å². The zero-order chi connectivity index (χ0) is 10.3. The van der Waals surface area contributed by atoms with E-state index < -0.39 is 0 Å². The molecule has 0 aliphatic heterocycles. The van der Waals surface area contributed by atoms with Crippen LogP contribution in [0.4, 0.5) is 0 Å². The van der Waals surface area contributed by atoms with Gasteiger partial charge in [0.05, 0.1) is 0 Å². The lowest BCUT2D eigenvalue weighted by Gasteiger charge is -2.04. The number of hydrogen-bond donors (Lipinski definition) is 0. The fourth-order valence-electron chi connectivity index (χ4n) is 1.17. The molecule has 0 bridgehead atoms. The standard InChI is InChI=1S/C13H11O2/c1-3-7-12(8-4-1)11-14-15-13-9-5-2-6-10-13/h1,3-10H,11H2. The smallest absolute Gasteiger partial charge is 0.165 e. The molecule has 2 nitrogen and oxygen atoms in total. The summed E-state index contributed by atoms with van der Waals surface area (Å²) in [5.41, 5.74) is 1.08. The molecule has 1 radical (unpaired) electrons. The van der Waals surface area contributed by atoms with Gasteiger partial charge < -0.3 is 4.89 Å². The second-order valence-corrected chi connectivity index (χ2v) is 3.07. The molecule has 15 heavy (non-hydrogen) atoms. The highest BCUT2D eigenvalue weighted by atomic mass is 17.2. The Bertz CT molecular complexity index is 344. The van der Waals surface area contributed by atoms with Gasteiger partial charge in [-0.05, 0) is 23.8 Å². The highest BCUT2D eigenvalue weighted by Gasteiger charge is 1.94. The summed E-state index contributed by atoms with van der Waals surface area (Å²) in [5, 5.41) is 0. The molecule has 0 unspecified atom stereocenters. The van der Waals surface area contributed by atoms with Gasteiger partial charge in [0.1, 0.15) is 6.61 Å². The van der Waals surface area contributed by atoms with Crippen molar-refractivity contribution >= 4 is 0 Å². The van der Waals surface area contributed by atoms with E-state index in [4.69, 9.17) is 9.78 Å². The first kappa shape index (κ1) is 9.74. The van der Waals surface area contributed by atoms with Crippen LogP contribution in [0.5, 0.6) is 5.75 Å². The zero-order valence-corrected chi connectivity index (χ0v) is 8.22. The molecular formula is C13H11O2. The van der Waals surface area contributed by atoms with Crippen molar-refractivity contribution in [2.45, 2.75) is 6.61 Å². The van der Waals surface area contributed by atoms with Crippen LogP contribution in [0.15, 0.2) is 54.6 Å². The molecule has 0 amide bonds. The van der Waals surface area contributed by atoms with Crippen LogP contribution in [0.1, 0.15) is 5.56 Å². The van der Waals surface area contributed by atoms with Crippen LogP contribution in [0.3, 0.4) is 0 Å². The van der Waals surface area contributed by atoms with E-state index in [1.807, 2.05) is 30.3 Å². The monoisotopic (exact) mass is 199 g/mol. The van der Waals surface area contributed by atoms with Crippen LogP contribution in [0, 0.1) is 6.07 Å². The van der Waals surface area contributed by atoms with Gasteiger partial charge in [0.15, 0.2) is 5.75 Å². The number of rotatable bonds is 4. The predicted molar refractivity (Wildman–Crippen MR) is 57.1 cm³/mol. The molecule has 0 aliphatic rings. The van der Waals surface area contributed by atoms with Crippen molar-refractivity contribution in [3.05, 3.63) is 66.2 Å². The van der Waals surface area contributed by atoms with Gasteiger partial charge in [0, 0.05) is 0 Å². The lowest BCUT2D eigenvalue weighted by atomic mass is 10.2. The van der Waals surface area contributed by atoms with Crippen LogP contribution in [0.2, 0.25) is 0 Å². The third kappa shape index (κ3) is 3.11. The highest BCUT2D eigenvalue weighted by molar-refractivity contribution is 5.19. The van der Waals surface area contributed by atoms with E-state index in [2.05, 4.69) is 6.07 Å². The van der Waals surface area contributed by atoms with Crippen molar-refractivity contribution < 1.29 is 9.78 Å². The van der Waals surface area contributed by atoms with Crippen molar-refractivity contribution in [1.29, 1.82) is 0 Å². The topological polar surface area (TPSA) is 18.5 Å². The summed E-state index contributed by atoms with van der Waals surface area (Å²) in [6, 6.07) is 19.9. The van der Waals surface area contributed by atoms with Crippen molar-refractivity contribution in [2.24, 2.45) is 0 Å². The van der Waals surface area contributed by atoms with Crippen molar-refractivity contribution in [3.8, 4) is 5.75 Å². The van der Waals surface area contributed by atoms with Crippen LogP contribution < -0.4 is 4.89 Å². The Kier molecular flexibility index (Phi) is 3.36. The number of hydrogen-bond acceptors (Lipinski definition) is 2. The second kappa shape index (κ2) is 5.17. The molecule has 2 aromatic rings. The molecule has 0 saturated heterocycles. The van der Waals surface area contributed by atoms with Crippen LogP contribution in [0.25, 0.3) is 0 Å². The Balaban J connectivity index is 1.81. The summed E-state index contributed by atoms with van der Waals surface area (Å²) in [6.07, 6.45) is 0. The third-order valence-corrected chi connectivity index (χ3v) is 1.91. The van der Waals surface area contributed by atoms with Gasteiger partial charge in [-0.25, -0.2) is 0 Å². The molecule has 0 saturated carbocycles. The van der Waals surface area contributed by atoms with E-state index in [-0.39, 0.29) is 0 Å². The van der Waals surface area contributed by atoms with Gasteiger partial charge in [-0.2, -0.15) is 4.89 Å². The Morgan fingerprint density at radius 1 is 0.933 bits per heavy atom. The Hall–Kier alpha value is -1.80. The molecule has 2 aromatic carbocycles. The summed E-state index contributed by atoms with van der Waals surface area (Å²) in [4.78, 5) is 10.2. The first-order chi connectivity index (χ1) is 7.45. The van der Waals surface area contributed by atoms with Gasteiger partial charge in [-0.3, -0.25) is 0 Å². The molecule has 2 heteroatoms. The lowest BCUT2D eigenvalue weighted by Crippen LogP contribution is -1.97. The van der Waals surface area contributed by atoms with Crippen LogP contribution >= 0.6 is 0 Å². The van der Waals surface area contributed by atoms with E-state index >= 15 is 0 Å². The zero-order valence-electron chi connectivity index (χ0n) is 8.22. The molecule has 0 N–H and O–H groups in total. The van der Waals surface area contributed by atoms with E-state index in [1.54, 1.807) is 24.3 Å². The van der Waals surface area contributed by atoms with Crippen LogP contribution in [-0.4, -0.2) is 0 Å². The molecular weight excluding hydrogens is 188 g/mol. The number of benzene rings is 2. The molecule has 0 heterocycles. The fourth-order valence-corrected chi connectivity index (χ4v) is 1.17. The molecule has 0 fully saturated rings. The third-order valence-electron chi connectivity index (χ3n) is 1.91. The molecule has 0 atom stereocenters. The minimum Gasteiger partial charge on any atom is -0.337 e. The molecule has 0 aromatic heterocycles. The lowest BCUT2D eigenvalue weighted by molar-refractivity contribution is -0.217. The first-order valence-electron chi connectivity index (χ1n) is 4.75. The summed E-state index contributed by atoms with van der Waals surface area (Å²) >= 11 is 0. The van der Waals surface area contributed by atoms with E-state index in [9.17, 15) is 0 Å². The maximum Gasteiger partial charge on any atom is 0.165 e. The molecule has 0 aliphatic carbocycles. The summed E-state index contributed by atoms with van der Waals surface area (Å²) in [6.45, 7) is 0.444. The van der Waals surface area contributed by atoms with E-state index in [0.717, 1.165) is 5.56 Å². The average Bonchev–Trinajstić information content (AvgIpc) is 2.32. The summed E-state index contributed by atoms with van der Waals surface area (Å²) in [5.74, 6) is 0.685. The highest BCUT2D eigenvalue weighted by Crippen LogP contribution is 2.09. The second-order valence-electron chi connectivity index (χ2n) is 3.07. The maximum absolute atomic E-state index is 5.09. The Morgan fingerprint density at radius 2 is 1.67 bits per heavy atom.